The summed E-state index contributed by atoms with van der Waals surface area (Å²) in [4.78, 5) is 0. The van der Waals surface area contributed by atoms with E-state index in [9.17, 15) is 5.02 Å². The maximum atomic E-state index is 9.87. The van der Waals surface area contributed by atoms with Crippen LogP contribution in [0, 0.1) is 0 Å². The molecule has 0 aliphatic carbocycles. The van der Waals surface area contributed by atoms with Crippen LogP contribution in [0.15, 0.2) is 18.2 Å². The molecule has 1 aliphatic rings. The van der Waals surface area contributed by atoms with Crippen molar-refractivity contribution in [2.45, 2.75) is 25.9 Å². The molecular formula is C12H17BO4. The van der Waals surface area contributed by atoms with Crippen molar-refractivity contribution in [3.63, 3.8) is 0 Å². The molecule has 1 heterocycles. The molecule has 0 saturated carbocycles. The molecule has 0 amide bonds. The van der Waals surface area contributed by atoms with Gasteiger partial charge in [-0.15, -0.1) is 0 Å². The first kappa shape index (κ1) is 12.4. The van der Waals surface area contributed by atoms with Crippen molar-refractivity contribution >= 4 is 12.6 Å². The predicted octanol–water partition coefficient (Wildman–Crippen LogP) is 0.617. The van der Waals surface area contributed by atoms with Crippen molar-refractivity contribution < 1.29 is 19.5 Å². The van der Waals surface area contributed by atoms with Crippen LogP contribution in [-0.4, -0.2) is 30.5 Å². The summed E-state index contributed by atoms with van der Waals surface area (Å²) in [5.41, 5.74) is 1.73. The van der Waals surface area contributed by atoms with Gasteiger partial charge in [-0.1, -0.05) is 19.1 Å². The second-order valence-electron chi connectivity index (χ2n) is 4.07. The second-order valence-corrected chi connectivity index (χ2v) is 4.07. The monoisotopic (exact) mass is 236 g/mol. The van der Waals surface area contributed by atoms with Gasteiger partial charge in [0.05, 0.1) is 12.7 Å². The van der Waals surface area contributed by atoms with E-state index in [-0.39, 0.29) is 12.7 Å². The number of aliphatic hydroxyl groups excluding tert-OH is 1. The fourth-order valence-electron chi connectivity index (χ4n) is 2.09. The van der Waals surface area contributed by atoms with Crippen LogP contribution in [0.25, 0.3) is 0 Å². The Labute approximate surface area is 101 Å². The third-order valence-electron chi connectivity index (χ3n) is 2.92. The fourth-order valence-corrected chi connectivity index (χ4v) is 2.09. The Morgan fingerprint density at radius 2 is 2.29 bits per heavy atom. The van der Waals surface area contributed by atoms with Crippen LogP contribution in [0.3, 0.4) is 0 Å². The summed E-state index contributed by atoms with van der Waals surface area (Å²) in [7, 11) is -0.903. The van der Waals surface area contributed by atoms with Gasteiger partial charge in [-0.3, -0.25) is 0 Å². The van der Waals surface area contributed by atoms with E-state index >= 15 is 0 Å². The third-order valence-corrected chi connectivity index (χ3v) is 2.92. The minimum atomic E-state index is -0.903. The number of fused-ring (bicyclic) bond motifs is 1. The Bertz CT molecular complexity index is 383. The summed E-state index contributed by atoms with van der Waals surface area (Å²) in [5.74, 6) is 0.652. The van der Waals surface area contributed by atoms with Crippen molar-refractivity contribution in [3.05, 3.63) is 23.8 Å². The molecule has 1 unspecified atom stereocenters. The quantitative estimate of drug-likeness (QED) is 0.581. The molecule has 2 rings (SSSR count). The Morgan fingerprint density at radius 3 is 3.00 bits per heavy atom. The molecule has 0 radical (unpaired) electrons. The minimum absolute atomic E-state index is 0.0543. The van der Waals surface area contributed by atoms with Gasteiger partial charge in [-0.25, -0.2) is 0 Å². The van der Waals surface area contributed by atoms with Gasteiger partial charge in [0.1, 0.15) is 5.75 Å². The maximum Gasteiger partial charge on any atom is 0.495 e. The van der Waals surface area contributed by atoms with Gasteiger partial charge >= 0.3 is 7.12 Å². The molecule has 4 nitrogen and oxygen atoms in total. The molecule has 0 spiro atoms. The van der Waals surface area contributed by atoms with E-state index in [2.05, 4.69) is 0 Å². The first-order chi connectivity index (χ1) is 8.27. The second kappa shape index (κ2) is 5.53. The first-order valence-electron chi connectivity index (χ1n) is 5.98. The first-order valence-corrected chi connectivity index (χ1v) is 5.98. The van der Waals surface area contributed by atoms with E-state index in [4.69, 9.17) is 14.5 Å². The highest BCUT2D eigenvalue weighted by atomic mass is 16.5. The van der Waals surface area contributed by atoms with E-state index in [1.807, 2.05) is 25.1 Å². The molecule has 5 heteroatoms. The van der Waals surface area contributed by atoms with Gasteiger partial charge in [-0.2, -0.15) is 0 Å². The number of benzene rings is 1. The van der Waals surface area contributed by atoms with E-state index < -0.39 is 7.12 Å². The van der Waals surface area contributed by atoms with Crippen molar-refractivity contribution in [2.75, 3.05) is 13.2 Å². The smallest absolute Gasteiger partial charge is 0.494 e. The van der Waals surface area contributed by atoms with Crippen LogP contribution < -0.4 is 10.2 Å². The van der Waals surface area contributed by atoms with Gasteiger partial charge in [0.15, 0.2) is 0 Å². The van der Waals surface area contributed by atoms with E-state index in [1.165, 1.54) is 0 Å². The van der Waals surface area contributed by atoms with Gasteiger partial charge < -0.3 is 19.5 Å². The minimum Gasteiger partial charge on any atom is -0.494 e. The highest BCUT2D eigenvalue weighted by Gasteiger charge is 2.36. The lowest BCUT2D eigenvalue weighted by molar-refractivity contribution is 0.186. The molecule has 0 aromatic heterocycles. The third kappa shape index (κ3) is 2.46. The van der Waals surface area contributed by atoms with Crippen LogP contribution >= 0.6 is 0 Å². The molecule has 1 aromatic carbocycles. The van der Waals surface area contributed by atoms with Gasteiger partial charge in [0.2, 0.25) is 0 Å². The fraction of sp³-hybridized carbons (Fsp3) is 0.500. The summed E-state index contributed by atoms with van der Waals surface area (Å²) in [5, 5.41) is 18.6. The average Bonchev–Trinajstić information content (AvgIpc) is 2.68. The topological polar surface area (TPSA) is 58.9 Å². The summed E-state index contributed by atoms with van der Waals surface area (Å²) >= 11 is 0. The van der Waals surface area contributed by atoms with Crippen molar-refractivity contribution in [3.8, 4) is 5.75 Å². The van der Waals surface area contributed by atoms with E-state index in [0.717, 1.165) is 17.4 Å². The molecular weight excluding hydrogens is 219 g/mol. The molecule has 1 aromatic rings. The lowest BCUT2D eigenvalue weighted by atomic mass is 9.78. The summed E-state index contributed by atoms with van der Waals surface area (Å²) in [6.45, 7) is 2.56. The molecule has 17 heavy (non-hydrogen) atoms. The van der Waals surface area contributed by atoms with Crippen LogP contribution in [-0.2, 0) is 4.65 Å². The van der Waals surface area contributed by atoms with Crippen LogP contribution in [0.2, 0.25) is 0 Å². The highest BCUT2D eigenvalue weighted by molar-refractivity contribution is 6.62. The highest BCUT2D eigenvalue weighted by Crippen LogP contribution is 2.29. The van der Waals surface area contributed by atoms with Gasteiger partial charge in [0.25, 0.3) is 0 Å². The zero-order valence-electron chi connectivity index (χ0n) is 9.93. The Morgan fingerprint density at radius 1 is 1.47 bits per heavy atom. The van der Waals surface area contributed by atoms with E-state index in [1.54, 1.807) is 0 Å². The average molecular weight is 236 g/mol. The maximum absolute atomic E-state index is 9.87. The summed E-state index contributed by atoms with van der Waals surface area (Å²) < 4.78 is 11.0. The molecule has 2 N–H and O–H groups in total. The number of hydrogen-bond donors (Lipinski definition) is 2. The van der Waals surface area contributed by atoms with Crippen molar-refractivity contribution in [1.29, 1.82) is 0 Å². The Balaban J connectivity index is 2.21. The van der Waals surface area contributed by atoms with Crippen molar-refractivity contribution in [2.24, 2.45) is 0 Å². The largest absolute Gasteiger partial charge is 0.495 e. The molecule has 1 atom stereocenters. The molecule has 0 bridgehead atoms. The number of hydrogen-bond acceptors (Lipinski definition) is 4. The standard InChI is InChI=1S/C12H17BO4/c1-2-10-9-5-3-6-11(16-8-4-7-14)12(9)13(15)17-10/h3,5-6,10,14-15H,2,4,7-8H2,1H3. The number of ether oxygens (including phenoxy) is 1. The van der Waals surface area contributed by atoms with Crippen LogP contribution in [0.4, 0.5) is 0 Å². The zero-order chi connectivity index (χ0) is 12.3. The number of rotatable bonds is 5. The van der Waals surface area contributed by atoms with Gasteiger partial charge in [-0.05, 0) is 18.1 Å². The van der Waals surface area contributed by atoms with Crippen molar-refractivity contribution in [1.82, 2.24) is 0 Å². The number of aliphatic hydroxyl groups is 1. The van der Waals surface area contributed by atoms with Crippen LogP contribution in [0.5, 0.6) is 5.75 Å². The summed E-state index contributed by atoms with van der Waals surface area (Å²) in [6.07, 6.45) is 1.35. The summed E-state index contributed by atoms with van der Waals surface area (Å²) in [6, 6.07) is 5.68. The lowest BCUT2D eigenvalue weighted by Gasteiger charge is -2.11. The predicted molar refractivity (Wildman–Crippen MR) is 65.4 cm³/mol. The van der Waals surface area contributed by atoms with Gasteiger partial charge in [0, 0.05) is 18.5 Å². The molecule has 0 fully saturated rings. The SMILES string of the molecule is CCC1OB(O)c2c(OCCCO)cccc21. The molecule has 0 saturated heterocycles. The van der Waals surface area contributed by atoms with Crippen LogP contribution in [0.1, 0.15) is 31.4 Å². The Hall–Kier alpha value is -1.04. The molecule has 92 valence electrons. The van der Waals surface area contributed by atoms with E-state index in [0.29, 0.717) is 18.8 Å². The Kier molecular flexibility index (Phi) is 4.04. The zero-order valence-corrected chi connectivity index (χ0v) is 9.93. The lowest BCUT2D eigenvalue weighted by Crippen LogP contribution is -2.30. The normalized spacial score (nSPS) is 18.3. The molecule has 1 aliphatic heterocycles.